The summed E-state index contributed by atoms with van der Waals surface area (Å²) in [7, 11) is 3.59. The average Bonchev–Trinajstić information content (AvgIpc) is 2.93. The van der Waals surface area contributed by atoms with Gasteiger partial charge in [-0.1, -0.05) is 6.92 Å². The van der Waals surface area contributed by atoms with Crippen molar-refractivity contribution in [3.63, 3.8) is 0 Å². The van der Waals surface area contributed by atoms with Crippen molar-refractivity contribution < 1.29 is 9.84 Å². The Morgan fingerprint density at radius 3 is 2.73 bits per heavy atom. The molecule has 1 saturated heterocycles. The van der Waals surface area contributed by atoms with Crippen molar-refractivity contribution in [3.05, 3.63) is 18.0 Å². The first-order valence-corrected chi connectivity index (χ1v) is 8.26. The van der Waals surface area contributed by atoms with Crippen molar-refractivity contribution >= 4 is 0 Å². The van der Waals surface area contributed by atoms with Gasteiger partial charge in [0.2, 0.25) is 0 Å². The fourth-order valence-corrected chi connectivity index (χ4v) is 3.18. The van der Waals surface area contributed by atoms with Crippen LogP contribution in [0.4, 0.5) is 0 Å². The van der Waals surface area contributed by atoms with Crippen molar-refractivity contribution in [3.8, 4) is 0 Å². The van der Waals surface area contributed by atoms with E-state index in [4.69, 9.17) is 4.74 Å². The second kappa shape index (κ2) is 8.62. The molecule has 6 nitrogen and oxygen atoms in total. The van der Waals surface area contributed by atoms with Crippen LogP contribution in [0, 0.1) is 0 Å². The first kappa shape index (κ1) is 17.4. The second-order valence-electron chi connectivity index (χ2n) is 6.26. The number of hydrogen-bond donors (Lipinski definition) is 2. The summed E-state index contributed by atoms with van der Waals surface area (Å²) in [6.07, 6.45) is 6.98. The van der Waals surface area contributed by atoms with E-state index in [-0.39, 0.29) is 6.10 Å². The van der Waals surface area contributed by atoms with Gasteiger partial charge in [0, 0.05) is 44.5 Å². The standard InChI is InChI=1S/C16H30N4O2/c1-4-16(13-9-17-19(2)10-13)18-14-5-7-20(8-6-14)11-15(21)12-22-3/h9-10,14-16,18,21H,4-8,11-12H2,1-3H3. The van der Waals surface area contributed by atoms with Gasteiger partial charge >= 0.3 is 0 Å². The Hall–Kier alpha value is -0.950. The molecule has 0 bridgehead atoms. The number of hydrogen-bond acceptors (Lipinski definition) is 5. The Balaban J connectivity index is 1.76. The van der Waals surface area contributed by atoms with Gasteiger partial charge in [-0.05, 0) is 32.4 Å². The number of ether oxygens (including phenoxy) is 1. The number of nitrogens with one attached hydrogen (secondary N) is 1. The molecule has 22 heavy (non-hydrogen) atoms. The highest BCUT2D eigenvalue weighted by molar-refractivity contribution is 5.10. The van der Waals surface area contributed by atoms with Gasteiger partial charge in [-0.25, -0.2) is 0 Å². The van der Waals surface area contributed by atoms with Gasteiger partial charge in [0.05, 0.1) is 18.9 Å². The third kappa shape index (κ3) is 5.05. The van der Waals surface area contributed by atoms with Gasteiger partial charge in [-0.15, -0.1) is 0 Å². The molecule has 2 atom stereocenters. The third-order valence-corrected chi connectivity index (χ3v) is 4.39. The molecular formula is C16H30N4O2. The Morgan fingerprint density at radius 1 is 1.45 bits per heavy atom. The Labute approximate surface area is 133 Å². The quantitative estimate of drug-likeness (QED) is 0.748. The molecule has 2 heterocycles. The number of aliphatic hydroxyl groups is 1. The molecule has 1 fully saturated rings. The second-order valence-corrected chi connectivity index (χ2v) is 6.26. The van der Waals surface area contributed by atoms with Crippen LogP contribution >= 0.6 is 0 Å². The molecule has 0 saturated carbocycles. The molecule has 1 aromatic heterocycles. The molecule has 1 aliphatic heterocycles. The molecule has 2 rings (SSSR count). The zero-order chi connectivity index (χ0) is 15.9. The summed E-state index contributed by atoms with van der Waals surface area (Å²) < 4.78 is 6.85. The van der Waals surface area contributed by atoms with E-state index in [1.807, 2.05) is 17.9 Å². The van der Waals surface area contributed by atoms with Crippen LogP contribution < -0.4 is 5.32 Å². The predicted octanol–water partition coefficient (Wildman–Crippen LogP) is 0.933. The van der Waals surface area contributed by atoms with E-state index in [1.54, 1.807) is 7.11 Å². The number of piperidine rings is 1. The van der Waals surface area contributed by atoms with E-state index in [9.17, 15) is 5.11 Å². The first-order chi connectivity index (χ1) is 10.6. The van der Waals surface area contributed by atoms with Gasteiger partial charge in [-0.3, -0.25) is 4.68 Å². The van der Waals surface area contributed by atoms with Crippen LogP contribution in [0.3, 0.4) is 0 Å². The molecule has 0 amide bonds. The van der Waals surface area contributed by atoms with Gasteiger partial charge in [0.1, 0.15) is 0 Å². The van der Waals surface area contributed by atoms with Gasteiger partial charge < -0.3 is 20.1 Å². The fraction of sp³-hybridized carbons (Fsp3) is 0.812. The summed E-state index contributed by atoms with van der Waals surface area (Å²) in [5.74, 6) is 0. The summed E-state index contributed by atoms with van der Waals surface area (Å²) in [5.41, 5.74) is 1.27. The third-order valence-electron chi connectivity index (χ3n) is 4.39. The highest BCUT2D eigenvalue weighted by Gasteiger charge is 2.23. The summed E-state index contributed by atoms with van der Waals surface area (Å²) in [4.78, 5) is 2.33. The summed E-state index contributed by atoms with van der Waals surface area (Å²) in [5, 5.41) is 17.8. The fourth-order valence-electron chi connectivity index (χ4n) is 3.18. The van der Waals surface area contributed by atoms with E-state index in [0.717, 1.165) is 32.4 Å². The Bertz CT molecular complexity index is 430. The first-order valence-electron chi connectivity index (χ1n) is 8.26. The van der Waals surface area contributed by atoms with E-state index in [1.165, 1.54) is 5.56 Å². The predicted molar refractivity (Wildman–Crippen MR) is 86.7 cm³/mol. The van der Waals surface area contributed by atoms with E-state index in [0.29, 0.717) is 25.2 Å². The smallest absolute Gasteiger partial charge is 0.0900 e. The van der Waals surface area contributed by atoms with Crippen molar-refractivity contribution in [2.24, 2.45) is 7.05 Å². The number of aliphatic hydroxyl groups excluding tert-OH is 1. The highest BCUT2D eigenvalue weighted by Crippen LogP contribution is 2.20. The SMILES string of the molecule is CCC(NC1CCN(CC(O)COC)CC1)c1cnn(C)c1. The molecule has 6 heteroatoms. The van der Waals surface area contributed by atoms with Crippen LogP contribution in [0.25, 0.3) is 0 Å². The Kier molecular flexibility index (Phi) is 6.82. The number of rotatable bonds is 8. The lowest BCUT2D eigenvalue weighted by atomic mass is 10.0. The number of methoxy groups -OCH3 is 1. The minimum absolute atomic E-state index is 0.379. The maximum absolute atomic E-state index is 9.81. The largest absolute Gasteiger partial charge is 0.389 e. The van der Waals surface area contributed by atoms with Gasteiger partial charge in [0.15, 0.2) is 0 Å². The molecule has 0 aliphatic carbocycles. The van der Waals surface area contributed by atoms with E-state index >= 15 is 0 Å². The van der Waals surface area contributed by atoms with Gasteiger partial charge in [0.25, 0.3) is 0 Å². The van der Waals surface area contributed by atoms with Crippen LogP contribution in [0.1, 0.15) is 37.8 Å². The number of nitrogens with zero attached hydrogens (tertiary/aromatic N) is 3. The van der Waals surface area contributed by atoms with Gasteiger partial charge in [-0.2, -0.15) is 5.10 Å². The molecular weight excluding hydrogens is 280 g/mol. The average molecular weight is 310 g/mol. The summed E-state index contributed by atoms with van der Waals surface area (Å²) in [6, 6.07) is 0.922. The van der Waals surface area contributed by atoms with Crippen LogP contribution in [-0.2, 0) is 11.8 Å². The summed E-state index contributed by atoms with van der Waals surface area (Å²) >= 11 is 0. The zero-order valence-electron chi connectivity index (χ0n) is 14.0. The lowest BCUT2D eigenvalue weighted by molar-refractivity contribution is 0.0307. The molecule has 1 aliphatic rings. The van der Waals surface area contributed by atoms with E-state index < -0.39 is 0 Å². The van der Waals surface area contributed by atoms with Crippen LogP contribution in [0.15, 0.2) is 12.4 Å². The van der Waals surface area contributed by atoms with Crippen molar-refractivity contribution in [1.29, 1.82) is 0 Å². The summed E-state index contributed by atoms with van der Waals surface area (Å²) in [6.45, 7) is 5.39. The normalized spacial score (nSPS) is 20.2. The monoisotopic (exact) mass is 310 g/mol. The molecule has 2 N–H and O–H groups in total. The lowest BCUT2D eigenvalue weighted by Crippen LogP contribution is -2.46. The maximum Gasteiger partial charge on any atom is 0.0900 e. The van der Waals surface area contributed by atoms with Crippen molar-refractivity contribution in [2.75, 3.05) is 33.4 Å². The van der Waals surface area contributed by atoms with Crippen molar-refractivity contribution in [1.82, 2.24) is 20.0 Å². The molecule has 1 aromatic rings. The minimum Gasteiger partial charge on any atom is -0.389 e. The molecule has 126 valence electrons. The minimum atomic E-state index is -0.381. The topological polar surface area (TPSA) is 62.6 Å². The number of likely N-dealkylation sites (tertiary alicyclic amines) is 1. The molecule has 2 unspecified atom stereocenters. The van der Waals surface area contributed by atoms with Crippen LogP contribution in [-0.4, -0.2) is 65.3 Å². The lowest BCUT2D eigenvalue weighted by Gasteiger charge is -2.35. The molecule has 0 aromatic carbocycles. The Morgan fingerprint density at radius 2 is 2.18 bits per heavy atom. The molecule has 0 radical (unpaired) electrons. The number of β-amino-alcohol motifs (C(OH)–C–C–N with tert-alkyl or cyclic N) is 1. The van der Waals surface area contributed by atoms with Crippen LogP contribution in [0.5, 0.6) is 0 Å². The molecule has 0 spiro atoms. The van der Waals surface area contributed by atoms with E-state index in [2.05, 4.69) is 28.4 Å². The number of aryl methyl sites for hydroxylation is 1. The zero-order valence-corrected chi connectivity index (χ0v) is 14.0. The maximum atomic E-state index is 9.81. The highest BCUT2D eigenvalue weighted by atomic mass is 16.5. The van der Waals surface area contributed by atoms with Crippen LogP contribution in [0.2, 0.25) is 0 Å². The van der Waals surface area contributed by atoms with Crippen molar-refractivity contribution in [2.45, 2.75) is 44.4 Å². The number of aromatic nitrogens is 2.